The molecule has 1 aromatic carbocycles. The summed E-state index contributed by atoms with van der Waals surface area (Å²) in [7, 11) is 1.46. The van der Waals surface area contributed by atoms with Crippen molar-refractivity contribution in [1.82, 2.24) is 24.6 Å². The molecule has 4 N–H and O–H groups in total. The van der Waals surface area contributed by atoms with Crippen molar-refractivity contribution in [1.29, 1.82) is 0 Å². The number of aromatic nitrogens is 4. The first kappa shape index (κ1) is 27.2. The van der Waals surface area contributed by atoms with Crippen molar-refractivity contribution < 1.29 is 22.8 Å². The van der Waals surface area contributed by atoms with Crippen LogP contribution in [0.1, 0.15) is 71.2 Å². The molecule has 39 heavy (non-hydrogen) atoms. The van der Waals surface area contributed by atoms with E-state index in [1.54, 1.807) is 0 Å². The molecule has 2 fully saturated rings. The smallest absolute Gasteiger partial charge is 0.352 e. The highest BCUT2D eigenvalue weighted by Gasteiger charge is 2.40. The van der Waals surface area contributed by atoms with E-state index in [-0.39, 0.29) is 45.7 Å². The van der Waals surface area contributed by atoms with E-state index in [4.69, 9.17) is 17.3 Å². The Morgan fingerprint density at radius 3 is 2.49 bits per heavy atom. The number of hydrogen-bond donors (Lipinski definition) is 3. The van der Waals surface area contributed by atoms with Gasteiger partial charge in [-0.3, -0.25) is 14.3 Å². The molecular weight excluding hydrogens is 535 g/mol. The van der Waals surface area contributed by atoms with Gasteiger partial charge in [-0.2, -0.15) is 18.3 Å². The third-order valence-corrected chi connectivity index (χ3v) is 7.62. The number of carbonyl (C=O) groups is 2. The highest BCUT2D eigenvalue weighted by molar-refractivity contribution is 6.34. The van der Waals surface area contributed by atoms with E-state index in [2.05, 4.69) is 20.7 Å². The Balaban J connectivity index is 1.27. The number of amides is 2. The predicted octanol–water partition coefficient (Wildman–Crippen LogP) is 4.79. The molecule has 13 heteroatoms. The van der Waals surface area contributed by atoms with Gasteiger partial charge in [0.25, 0.3) is 11.8 Å². The van der Waals surface area contributed by atoms with Gasteiger partial charge in [0.2, 0.25) is 0 Å². The van der Waals surface area contributed by atoms with Gasteiger partial charge in [0.05, 0.1) is 34.1 Å². The van der Waals surface area contributed by atoms with Gasteiger partial charge in [0.1, 0.15) is 0 Å². The van der Waals surface area contributed by atoms with Crippen LogP contribution >= 0.6 is 11.6 Å². The van der Waals surface area contributed by atoms with Gasteiger partial charge in [-0.05, 0) is 62.6 Å². The fraction of sp³-hybridized carbons (Fsp3) is 0.462. The van der Waals surface area contributed by atoms with Crippen molar-refractivity contribution >= 4 is 29.1 Å². The zero-order valence-corrected chi connectivity index (χ0v) is 22.0. The van der Waals surface area contributed by atoms with Crippen molar-refractivity contribution in [3.05, 3.63) is 52.7 Å². The van der Waals surface area contributed by atoms with Gasteiger partial charge in [-0.15, -0.1) is 0 Å². The molecule has 2 aliphatic carbocycles. The van der Waals surface area contributed by atoms with E-state index in [9.17, 15) is 22.8 Å². The lowest BCUT2D eigenvalue weighted by molar-refractivity contribution is -0.141. The Morgan fingerprint density at radius 2 is 1.85 bits per heavy atom. The number of benzene rings is 1. The molecule has 9 nitrogen and oxygen atoms in total. The minimum absolute atomic E-state index is 0.0446. The Labute approximate surface area is 227 Å². The van der Waals surface area contributed by atoms with E-state index in [1.807, 2.05) is 0 Å². The topological polar surface area (TPSA) is 120 Å². The number of rotatable bonds is 7. The summed E-state index contributed by atoms with van der Waals surface area (Å²) in [5, 5.41) is 9.46. The molecule has 5 rings (SSSR count). The van der Waals surface area contributed by atoms with E-state index >= 15 is 0 Å². The molecule has 0 aliphatic heterocycles. The number of halogens is 4. The maximum absolute atomic E-state index is 13.7. The van der Waals surface area contributed by atoms with Gasteiger partial charge >= 0.3 is 6.18 Å². The SMILES string of the molecule is Cn1c(-c2cn(C3CC3)nc2C(F)(F)F)cnc1C(=O)Nc1ccc(C(=O)NC[C@H]2CC[C@H](N)CC2)c(Cl)c1. The Bertz CT molecular complexity index is 1390. The van der Waals surface area contributed by atoms with Gasteiger partial charge < -0.3 is 20.9 Å². The molecule has 2 saturated carbocycles. The number of nitrogens with two attached hydrogens (primary N) is 1. The molecule has 0 atom stereocenters. The molecule has 0 saturated heterocycles. The van der Waals surface area contributed by atoms with Crippen molar-refractivity contribution in [2.45, 2.75) is 56.8 Å². The summed E-state index contributed by atoms with van der Waals surface area (Å²) in [6.07, 6.45) is 3.29. The molecule has 2 heterocycles. The average Bonchev–Trinajstić information content (AvgIpc) is 3.51. The van der Waals surface area contributed by atoms with Crippen LogP contribution in [0.25, 0.3) is 11.3 Å². The Hall–Kier alpha value is -3.38. The Morgan fingerprint density at radius 1 is 1.13 bits per heavy atom. The molecule has 0 spiro atoms. The molecule has 208 valence electrons. The monoisotopic (exact) mass is 563 g/mol. The van der Waals surface area contributed by atoms with Crippen LogP contribution in [-0.2, 0) is 13.2 Å². The lowest BCUT2D eigenvalue weighted by Crippen LogP contribution is -2.34. The number of alkyl halides is 3. The predicted molar refractivity (Wildman–Crippen MR) is 139 cm³/mol. The minimum atomic E-state index is -4.66. The quantitative estimate of drug-likeness (QED) is 0.382. The summed E-state index contributed by atoms with van der Waals surface area (Å²) < 4.78 is 43.6. The zero-order chi connectivity index (χ0) is 27.9. The van der Waals surface area contributed by atoms with Crippen molar-refractivity contribution in [3.63, 3.8) is 0 Å². The first-order chi connectivity index (χ1) is 18.5. The molecular formula is C26H29ClF3N7O2. The molecule has 2 aromatic heterocycles. The van der Waals surface area contributed by atoms with E-state index in [0.717, 1.165) is 38.5 Å². The molecule has 2 amide bonds. The molecule has 0 radical (unpaired) electrons. The number of nitrogens with one attached hydrogen (secondary N) is 2. The molecule has 0 unspecified atom stereocenters. The second-order valence-corrected chi connectivity index (χ2v) is 10.7. The number of nitrogens with zero attached hydrogens (tertiary/aromatic N) is 4. The summed E-state index contributed by atoms with van der Waals surface area (Å²) in [5.74, 6) is -0.671. The van der Waals surface area contributed by atoms with Gasteiger partial charge in [0, 0.05) is 31.5 Å². The van der Waals surface area contributed by atoms with Crippen LogP contribution < -0.4 is 16.4 Å². The number of hydrogen-bond acceptors (Lipinski definition) is 5. The van der Waals surface area contributed by atoms with Crippen LogP contribution in [0.5, 0.6) is 0 Å². The standard InChI is InChI=1S/C26H29ClF3N7O2/c1-36-21(19-13-37(17-7-8-17)35-22(19)26(28,29)30)12-32-23(36)25(39)34-16-6-9-18(20(27)10-16)24(38)33-11-14-2-4-15(31)5-3-14/h6,9-10,12-15,17H,2-5,7-8,11,31H2,1H3,(H,33,38)(H,34,39)/t14-,15-. The molecule has 2 aliphatic rings. The zero-order valence-electron chi connectivity index (χ0n) is 21.3. The highest BCUT2D eigenvalue weighted by Crippen LogP contribution is 2.41. The van der Waals surface area contributed by atoms with Crippen LogP contribution in [-0.4, -0.2) is 43.7 Å². The van der Waals surface area contributed by atoms with Crippen LogP contribution in [0.15, 0.2) is 30.6 Å². The maximum atomic E-state index is 13.7. The maximum Gasteiger partial charge on any atom is 0.435 e. The minimum Gasteiger partial charge on any atom is -0.352 e. The summed E-state index contributed by atoms with van der Waals surface area (Å²) in [4.78, 5) is 29.7. The summed E-state index contributed by atoms with van der Waals surface area (Å²) in [5.41, 5.74) is 5.48. The van der Waals surface area contributed by atoms with Gasteiger partial charge in [0.15, 0.2) is 11.5 Å². The lowest BCUT2D eigenvalue weighted by atomic mass is 9.86. The van der Waals surface area contributed by atoms with Gasteiger partial charge in [-0.1, -0.05) is 11.6 Å². The van der Waals surface area contributed by atoms with E-state index in [0.29, 0.717) is 18.2 Å². The Kier molecular flexibility index (Phi) is 7.43. The van der Waals surface area contributed by atoms with Gasteiger partial charge in [-0.25, -0.2) is 4.98 Å². The van der Waals surface area contributed by atoms with Crippen molar-refractivity contribution in [3.8, 4) is 11.3 Å². The summed E-state index contributed by atoms with van der Waals surface area (Å²) in [6, 6.07) is 4.67. The second kappa shape index (κ2) is 10.6. The van der Waals surface area contributed by atoms with Crippen LogP contribution in [0.3, 0.4) is 0 Å². The highest BCUT2D eigenvalue weighted by atomic mass is 35.5. The largest absolute Gasteiger partial charge is 0.435 e. The normalized spacial score (nSPS) is 19.6. The molecule has 0 bridgehead atoms. The van der Waals surface area contributed by atoms with Crippen LogP contribution in [0.4, 0.5) is 18.9 Å². The van der Waals surface area contributed by atoms with Crippen LogP contribution in [0.2, 0.25) is 5.02 Å². The average molecular weight is 564 g/mol. The summed E-state index contributed by atoms with van der Waals surface area (Å²) >= 11 is 6.34. The van der Waals surface area contributed by atoms with Crippen molar-refractivity contribution in [2.75, 3.05) is 11.9 Å². The fourth-order valence-electron chi connectivity index (χ4n) is 4.87. The second-order valence-electron chi connectivity index (χ2n) is 10.3. The van der Waals surface area contributed by atoms with Crippen LogP contribution in [0, 0.1) is 5.92 Å². The third-order valence-electron chi connectivity index (χ3n) is 7.30. The van der Waals surface area contributed by atoms with E-state index in [1.165, 1.54) is 46.9 Å². The number of anilines is 1. The lowest BCUT2D eigenvalue weighted by Gasteiger charge is -2.26. The first-order valence-electron chi connectivity index (χ1n) is 12.8. The first-order valence-corrected chi connectivity index (χ1v) is 13.2. The third kappa shape index (κ3) is 5.96. The molecule has 3 aromatic rings. The number of carbonyl (C=O) groups excluding carboxylic acids is 2. The fourth-order valence-corrected chi connectivity index (χ4v) is 5.14. The van der Waals surface area contributed by atoms with Crippen molar-refractivity contribution in [2.24, 2.45) is 18.7 Å². The van der Waals surface area contributed by atoms with E-state index < -0.39 is 17.8 Å². The number of imidazole rings is 1. The summed E-state index contributed by atoms with van der Waals surface area (Å²) in [6.45, 7) is 0.539.